The molecule has 25 heavy (non-hydrogen) atoms. The summed E-state index contributed by atoms with van der Waals surface area (Å²) in [6, 6.07) is 8.54. The second kappa shape index (κ2) is 9.03. The second-order valence-electron chi connectivity index (χ2n) is 4.90. The fourth-order valence-electron chi connectivity index (χ4n) is 2.04. The van der Waals surface area contributed by atoms with Crippen LogP contribution in [0.2, 0.25) is 5.02 Å². The Morgan fingerprint density at radius 3 is 2.52 bits per heavy atom. The minimum atomic E-state index is -0.446. The number of rotatable bonds is 7. The van der Waals surface area contributed by atoms with Crippen LogP contribution in [0.25, 0.3) is 0 Å². The molecular weight excluding hydrogens is 347 g/mol. The van der Waals surface area contributed by atoms with Crippen molar-refractivity contribution >= 4 is 23.7 Å². The molecule has 2 aromatic carbocycles. The van der Waals surface area contributed by atoms with Gasteiger partial charge in [0.15, 0.2) is 11.5 Å². The summed E-state index contributed by atoms with van der Waals surface area (Å²) in [5.41, 5.74) is 3.31. The van der Waals surface area contributed by atoms with Gasteiger partial charge in [0.2, 0.25) is 0 Å². The van der Waals surface area contributed by atoms with Crippen LogP contribution in [0, 0.1) is 5.82 Å². The van der Waals surface area contributed by atoms with Crippen molar-refractivity contribution in [3.05, 3.63) is 58.4 Å². The molecule has 7 heteroatoms. The maximum absolute atomic E-state index is 12.9. The third-order valence-corrected chi connectivity index (χ3v) is 3.39. The molecule has 2 aromatic rings. The number of hydrogen-bond donors (Lipinski definition) is 1. The molecule has 0 saturated carbocycles. The van der Waals surface area contributed by atoms with Crippen molar-refractivity contribution in [2.24, 2.45) is 5.10 Å². The minimum Gasteiger partial charge on any atom is -0.490 e. The lowest BCUT2D eigenvalue weighted by Crippen LogP contribution is -2.17. The number of carbonyl (C=O) groups excluding carboxylic acids is 1. The zero-order chi connectivity index (χ0) is 18.2. The van der Waals surface area contributed by atoms with Crippen LogP contribution >= 0.6 is 11.6 Å². The van der Waals surface area contributed by atoms with E-state index >= 15 is 0 Å². The topological polar surface area (TPSA) is 59.9 Å². The summed E-state index contributed by atoms with van der Waals surface area (Å²) in [6.07, 6.45) is 1.44. The van der Waals surface area contributed by atoms with E-state index in [1.165, 1.54) is 30.5 Å². The lowest BCUT2D eigenvalue weighted by Gasteiger charge is -2.13. The van der Waals surface area contributed by atoms with E-state index in [1.54, 1.807) is 12.1 Å². The Bertz CT molecular complexity index is 764. The van der Waals surface area contributed by atoms with Gasteiger partial charge in [0, 0.05) is 5.56 Å². The van der Waals surface area contributed by atoms with Gasteiger partial charge in [-0.1, -0.05) is 11.6 Å². The SMILES string of the molecule is CCOc1cc(/C=N\NC(=O)c2ccc(F)cc2)cc(Cl)c1OCC. The maximum atomic E-state index is 12.9. The van der Waals surface area contributed by atoms with E-state index in [0.717, 1.165) is 0 Å². The molecule has 1 amide bonds. The second-order valence-corrected chi connectivity index (χ2v) is 5.31. The van der Waals surface area contributed by atoms with Gasteiger partial charge in [-0.15, -0.1) is 0 Å². The van der Waals surface area contributed by atoms with Crippen LogP contribution in [0.5, 0.6) is 11.5 Å². The third kappa shape index (κ3) is 5.19. The molecule has 0 heterocycles. The molecule has 5 nitrogen and oxygen atoms in total. The molecule has 0 fully saturated rings. The molecule has 132 valence electrons. The zero-order valence-corrected chi connectivity index (χ0v) is 14.6. The molecule has 1 N–H and O–H groups in total. The first-order valence-corrected chi connectivity index (χ1v) is 8.11. The lowest BCUT2D eigenvalue weighted by molar-refractivity contribution is 0.0955. The highest BCUT2D eigenvalue weighted by Crippen LogP contribution is 2.36. The predicted molar refractivity (Wildman–Crippen MR) is 95.3 cm³/mol. The largest absolute Gasteiger partial charge is 0.490 e. The van der Waals surface area contributed by atoms with Crippen molar-refractivity contribution in [2.75, 3.05) is 13.2 Å². The summed E-state index contributed by atoms with van der Waals surface area (Å²) >= 11 is 6.21. The Morgan fingerprint density at radius 1 is 1.20 bits per heavy atom. The minimum absolute atomic E-state index is 0.304. The fraction of sp³-hybridized carbons (Fsp3) is 0.222. The Morgan fingerprint density at radius 2 is 1.88 bits per heavy atom. The molecule has 0 aliphatic heterocycles. The molecule has 0 spiro atoms. The molecular formula is C18H18ClFN2O3. The average molecular weight is 365 g/mol. The van der Waals surface area contributed by atoms with E-state index in [-0.39, 0.29) is 0 Å². The molecule has 0 saturated heterocycles. The highest BCUT2D eigenvalue weighted by molar-refractivity contribution is 6.32. The number of nitrogens with zero attached hydrogens (tertiary/aromatic N) is 1. The summed E-state index contributed by atoms with van der Waals surface area (Å²) in [5, 5.41) is 4.27. The van der Waals surface area contributed by atoms with Crippen LogP contribution in [-0.4, -0.2) is 25.3 Å². The van der Waals surface area contributed by atoms with Crippen molar-refractivity contribution in [3.63, 3.8) is 0 Å². The third-order valence-electron chi connectivity index (χ3n) is 3.11. The van der Waals surface area contributed by atoms with E-state index < -0.39 is 11.7 Å². The number of halogens is 2. The molecule has 0 aliphatic carbocycles. The summed E-state index contributed by atoms with van der Waals surface area (Å²) in [5.74, 6) is 0.118. The van der Waals surface area contributed by atoms with Crippen molar-refractivity contribution in [1.29, 1.82) is 0 Å². The molecule has 0 aromatic heterocycles. The Labute approximate surface area is 150 Å². The standard InChI is InChI=1S/C18H18ClFN2O3/c1-3-24-16-10-12(9-15(19)17(16)25-4-2)11-21-22-18(23)13-5-7-14(20)8-6-13/h5-11H,3-4H2,1-2H3,(H,22,23)/b21-11-. The van der Waals surface area contributed by atoms with Gasteiger partial charge >= 0.3 is 0 Å². The van der Waals surface area contributed by atoms with Crippen LogP contribution in [0.1, 0.15) is 29.8 Å². The normalized spacial score (nSPS) is 10.7. The number of nitrogens with one attached hydrogen (secondary N) is 1. The quantitative estimate of drug-likeness (QED) is 0.595. The first kappa shape index (κ1) is 18.7. The fourth-order valence-corrected chi connectivity index (χ4v) is 2.31. The first-order chi connectivity index (χ1) is 12.0. The zero-order valence-electron chi connectivity index (χ0n) is 13.9. The van der Waals surface area contributed by atoms with E-state index in [1.807, 2.05) is 13.8 Å². The number of carbonyl (C=O) groups is 1. The molecule has 0 atom stereocenters. The van der Waals surface area contributed by atoms with Crippen LogP contribution < -0.4 is 14.9 Å². The predicted octanol–water partition coefficient (Wildman–Crippen LogP) is 4.04. The Kier molecular flexibility index (Phi) is 6.77. The van der Waals surface area contributed by atoms with E-state index in [2.05, 4.69) is 10.5 Å². The highest BCUT2D eigenvalue weighted by atomic mass is 35.5. The smallest absolute Gasteiger partial charge is 0.271 e. The van der Waals surface area contributed by atoms with Gasteiger partial charge in [0.05, 0.1) is 24.5 Å². The van der Waals surface area contributed by atoms with Crippen molar-refractivity contribution < 1.29 is 18.7 Å². The van der Waals surface area contributed by atoms with Crippen LogP contribution in [0.15, 0.2) is 41.5 Å². The van der Waals surface area contributed by atoms with Crippen LogP contribution in [-0.2, 0) is 0 Å². The lowest BCUT2D eigenvalue weighted by atomic mass is 10.2. The Balaban J connectivity index is 2.12. The number of hydrogen-bond acceptors (Lipinski definition) is 4. The van der Waals surface area contributed by atoms with Gasteiger partial charge in [0.25, 0.3) is 5.91 Å². The van der Waals surface area contributed by atoms with Crippen LogP contribution in [0.4, 0.5) is 4.39 Å². The molecule has 0 aliphatic rings. The van der Waals surface area contributed by atoms with Crippen molar-refractivity contribution in [1.82, 2.24) is 5.43 Å². The summed E-state index contributed by atoms with van der Waals surface area (Å²) < 4.78 is 23.9. The number of amides is 1. The number of hydrazone groups is 1. The first-order valence-electron chi connectivity index (χ1n) is 7.73. The van der Waals surface area contributed by atoms with Gasteiger partial charge in [-0.25, -0.2) is 9.82 Å². The monoisotopic (exact) mass is 364 g/mol. The van der Waals surface area contributed by atoms with Gasteiger partial charge in [-0.2, -0.15) is 5.10 Å². The molecule has 2 rings (SSSR count). The van der Waals surface area contributed by atoms with Crippen molar-refractivity contribution in [2.45, 2.75) is 13.8 Å². The number of ether oxygens (including phenoxy) is 2. The van der Waals surface area contributed by atoms with E-state index in [4.69, 9.17) is 21.1 Å². The molecule has 0 radical (unpaired) electrons. The van der Waals surface area contributed by atoms with Crippen LogP contribution in [0.3, 0.4) is 0 Å². The van der Waals surface area contributed by atoms with Gasteiger partial charge in [0.1, 0.15) is 5.82 Å². The number of benzene rings is 2. The van der Waals surface area contributed by atoms with Gasteiger partial charge < -0.3 is 9.47 Å². The highest BCUT2D eigenvalue weighted by Gasteiger charge is 2.11. The summed E-state index contributed by atoms with van der Waals surface area (Å²) in [7, 11) is 0. The van der Waals surface area contributed by atoms with Gasteiger partial charge in [-0.3, -0.25) is 4.79 Å². The van der Waals surface area contributed by atoms with E-state index in [0.29, 0.717) is 40.9 Å². The summed E-state index contributed by atoms with van der Waals surface area (Å²) in [4.78, 5) is 11.9. The average Bonchev–Trinajstić information content (AvgIpc) is 2.59. The van der Waals surface area contributed by atoms with E-state index in [9.17, 15) is 9.18 Å². The molecule has 0 bridgehead atoms. The summed E-state index contributed by atoms with van der Waals surface area (Å²) in [6.45, 7) is 4.62. The Hall–Kier alpha value is -2.60. The molecule has 0 unspecified atom stereocenters. The van der Waals surface area contributed by atoms with Crippen molar-refractivity contribution in [3.8, 4) is 11.5 Å². The van der Waals surface area contributed by atoms with Gasteiger partial charge in [-0.05, 0) is 55.8 Å². The maximum Gasteiger partial charge on any atom is 0.271 e.